The highest BCUT2D eigenvalue weighted by Gasteiger charge is 2.23. The standard InChI is InChI=1S/C16H20N2O5/c1-22-15(20)7-11(16(21)23-2)4-3-10-5-6-14-12(8-17-18-14)13(10)9-19/h5-6,8,11,19H,3-4,7,9H2,1-2H3,(H,17,18)/t11-/m0/s1. The number of carbonyl (C=O) groups excluding carboxylic acids is 2. The van der Waals surface area contributed by atoms with E-state index >= 15 is 0 Å². The lowest BCUT2D eigenvalue weighted by Crippen LogP contribution is -2.21. The molecular weight excluding hydrogens is 300 g/mol. The Balaban J connectivity index is 2.16. The third kappa shape index (κ3) is 3.87. The van der Waals surface area contributed by atoms with E-state index in [9.17, 15) is 14.7 Å². The molecule has 23 heavy (non-hydrogen) atoms. The molecule has 7 nitrogen and oxygen atoms in total. The van der Waals surface area contributed by atoms with Crippen LogP contribution in [-0.2, 0) is 32.1 Å². The van der Waals surface area contributed by atoms with Gasteiger partial charge in [-0.2, -0.15) is 5.10 Å². The first kappa shape index (κ1) is 17.0. The minimum absolute atomic E-state index is 0.0222. The fourth-order valence-electron chi connectivity index (χ4n) is 2.63. The van der Waals surface area contributed by atoms with Gasteiger partial charge in [-0.1, -0.05) is 6.07 Å². The van der Waals surface area contributed by atoms with E-state index in [2.05, 4.69) is 14.9 Å². The number of H-pyrrole nitrogens is 1. The maximum absolute atomic E-state index is 11.8. The van der Waals surface area contributed by atoms with Crippen molar-refractivity contribution in [3.05, 3.63) is 29.5 Å². The summed E-state index contributed by atoms with van der Waals surface area (Å²) >= 11 is 0. The lowest BCUT2D eigenvalue weighted by molar-refractivity contribution is -0.152. The Bertz CT molecular complexity index is 695. The van der Waals surface area contributed by atoms with E-state index < -0.39 is 17.9 Å². The summed E-state index contributed by atoms with van der Waals surface area (Å²) in [6.07, 6.45) is 2.61. The van der Waals surface area contributed by atoms with Gasteiger partial charge in [0.1, 0.15) is 0 Å². The van der Waals surface area contributed by atoms with Gasteiger partial charge in [-0.05, 0) is 30.0 Å². The van der Waals surface area contributed by atoms with Gasteiger partial charge in [0, 0.05) is 5.39 Å². The van der Waals surface area contributed by atoms with Crippen LogP contribution in [0.5, 0.6) is 0 Å². The number of carbonyl (C=O) groups is 2. The molecule has 0 aliphatic carbocycles. The summed E-state index contributed by atoms with van der Waals surface area (Å²) in [7, 11) is 2.58. The van der Waals surface area contributed by atoms with Crippen molar-refractivity contribution in [3.63, 3.8) is 0 Å². The van der Waals surface area contributed by atoms with E-state index in [4.69, 9.17) is 4.74 Å². The van der Waals surface area contributed by atoms with Crippen LogP contribution in [0, 0.1) is 5.92 Å². The Hall–Kier alpha value is -2.41. The summed E-state index contributed by atoms with van der Waals surface area (Å²) in [5.41, 5.74) is 2.54. The van der Waals surface area contributed by atoms with Gasteiger partial charge in [-0.3, -0.25) is 14.7 Å². The highest BCUT2D eigenvalue weighted by atomic mass is 16.5. The largest absolute Gasteiger partial charge is 0.469 e. The maximum Gasteiger partial charge on any atom is 0.309 e. The number of hydrogen-bond acceptors (Lipinski definition) is 6. The van der Waals surface area contributed by atoms with Gasteiger partial charge < -0.3 is 14.6 Å². The number of ether oxygens (including phenoxy) is 2. The van der Waals surface area contributed by atoms with Gasteiger partial charge >= 0.3 is 11.9 Å². The number of aryl methyl sites for hydroxylation is 1. The molecule has 0 saturated carbocycles. The highest BCUT2D eigenvalue weighted by molar-refractivity contribution is 5.83. The van der Waals surface area contributed by atoms with Crippen LogP contribution in [0.25, 0.3) is 10.9 Å². The molecule has 0 bridgehead atoms. The number of aliphatic hydroxyl groups is 1. The highest BCUT2D eigenvalue weighted by Crippen LogP contribution is 2.24. The minimum Gasteiger partial charge on any atom is -0.469 e. The molecule has 0 unspecified atom stereocenters. The monoisotopic (exact) mass is 320 g/mol. The van der Waals surface area contributed by atoms with E-state index in [1.807, 2.05) is 12.1 Å². The Morgan fingerprint density at radius 3 is 2.74 bits per heavy atom. The normalized spacial score (nSPS) is 12.1. The molecule has 7 heteroatoms. The van der Waals surface area contributed by atoms with Crippen molar-refractivity contribution in [2.75, 3.05) is 14.2 Å². The van der Waals surface area contributed by atoms with Crippen LogP contribution in [0.3, 0.4) is 0 Å². The van der Waals surface area contributed by atoms with Gasteiger partial charge in [0.05, 0.1) is 44.9 Å². The smallest absolute Gasteiger partial charge is 0.309 e. The first-order valence-corrected chi connectivity index (χ1v) is 7.30. The van der Waals surface area contributed by atoms with Crippen molar-refractivity contribution >= 4 is 22.8 Å². The SMILES string of the molecule is COC(=O)C[C@H](CCc1ccc2[nH]ncc2c1CO)C(=O)OC. The van der Waals surface area contributed by atoms with Crippen LogP contribution in [0.4, 0.5) is 0 Å². The van der Waals surface area contributed by atoms with E-state index in [1.165, 1.54) is 14.2 Å². The molecule has 2 aromatic rings. The first-order chi connectivity index (χ1) is 11.1. The number of methoxy groups -OCH3 is 2. The second-order valence-electron chi connectivity index (χ2n) is 5.23. The molecule has 1 aromatic carbocycles. The molecule has 1 aromatic heterocycles. The van der Waals surface area contributed by atoms with Crippen LogP contribution >= 0.6 is 0 Å². The molecule has 2 N–H and O–H groups in total. The van der Waals surface area contributed by atoms with Gasteiger partial charge in [-0.25, -0.2) is 0 Å². The van der Waals surface area contributed by atoms with Crippen LogP contribution in [0.2, 0.25) is 0 Å². The fourth-order valence-corrected chi connectivity index (χ4v) is 2.63. The molecule has 0 aliphatic rings. The number of esters is 2. The van der Waals surface area contributed by atoms with E-state index in [1.54, 1.807) is 6.20 Å². The zero-order chi connectivity index (χ0) is 16.8. The van der Waals surface area contributed by atoms with Crippen molar-refractivity contribution in [2.24, 2.45) is 5.92 Å². The third-order valence-electron chi connectivity index (χ3n) is 3.93. The molecule has 0 aliphatic heterocycles. The van der Waals surface area contributed by atoms with Crippen LogP contribution in [0.15, 0.2) is 18.3 Å². The number of nitrogens with one attached hydrogen (secondary N) is 1. The number of nitrogens with zero attached hydrogens (tertiary/aromatic N) is 1. The molecule has 0 saturated heterocycles. The number of benzene rings is 1. The number of rotatable bonds is 7. The first-order valence-electron chi connectivity index (χ1n) is 7.30. The maximum atomic E-state index is 11.8. The average Bonchev–Trinajstić information content (AvgIpc) is 3.05. The number of fused-ring (bicyclic) bond motifs is 1. The predicted molar refractivity (Wildman–Crippen MR) is 82.5 cm³/mol. The second-order valence-corrected chi connectivity index (χ2v) is 5.23. The quantitative estimate of drug-likeness (QED) is 0.747. The summed E-state index contributed by atoms with van der Waals surface area (Å²) in [6, 6.07) is 3.77. The number of aliphatic hydroxyl groups excluding tert-OH is 1. The Morgan fingerprint density at radius 2 is 2.09 bits per heavy atom. The van der Waals surface area contributed by atoms with Gasteiger partial charge in [0.25, 0.3) is 0 Å². The van der Waals surface area contributed by atoms with Crippen molar-refractivity contribution < 1.29 is 24.2 Å². The minimum atomic E-state index is -0.570. The lowest BCUT2D eigenvalue weighted by atomic mass is 9.93. The van der Waals surface area contributed by atoms with E-state index in [-0.39, 0.29) is 13.0 Å². The summed E-state index contributed by atoms with van der Waals surface area (Å²) in [4.78, 5) is 23.3. The van der Waals surface area contributed by atoms with Crippen LogP contribution in [-0.4, -0.2) is 41.5 Å². The molecule has 0 amide bonds. The van der Waals surface area contributed by atoms with Crippen molar-refractivity contribution in [1.82, 2.24) is 10.2 Å². The van der Waals surface area contributed by atoms with Crippen LogP contribution < -0.4 is 0 Å². The molecule has 0 fully saturated rings. The van der Waals surface area contributed by atoms with Crippen molar-refractivity contribution in [2.45, 2.75) is 25.9 Å². The van der Waals surface area contributed by atoms with Crippen molar-refractivity contribution in [1.29, 1.82) is 0 Å². The molecule has 1 heterocycles. The van der Waals surface area contributed by atoms with Gasteiger partial charge in [0.15, 0.2) is 0 Å². The Labute approximate surface area is 133 Å². The van der Waals surface area contributed by atoms with Gasteiger partial charge in [0.2, 0.25) is 0 Å². The Morgan fingerprint density at radius 1 is 1.30 bits per heavy atom. The van der Waals surface area contributed by atoms with E-state index in [0.29, 0.717) is 12.8 Å². The van der Waals surface area contributed by atoms with E-state index in [0.717, 1.165) is 22.0 Å². The summed E-state index contributed by atoms with van der Waals surface area (Å²) < 4.78 is 9.37. The van der Waals surface area contributed by atoms with Crippen LogP contribution in [0.1, 0.15) is 24.0 Å². The average molecular weight is 320 g/mol. The van der Waals surface area contributed by atoms with Crippen molar-refractivity contribution in [3.8, 4) is 0 Å². The summed E-state index contributed by atoms with van der Waals surface area (Å²) in [5, 5.41) is 17.3. The lowest BCUT2D eigenvalue weighted by Gasteiger charge is -2.15. The second kappa shape index (κ2) is 7.73. The predicted octanol–water partition coefficient (Wildman–Crippen LogP) is 1.34. The summed E-state index contributed by atoms with van der Waals surface area (Å²) in [6.45, 7) is -0.119. The molecule has 0 spiro atoms. The Kier molecular flexibility index (Phi) is 5.70. The summed E-state index contributed by atoms with van der Waals surface area (Å²) in [5.74, 6) is -1.46. The number of aromatic amines is 1. The molecule has 2 rings (SSSR count). The zero-order valence-corrected chi connectivity index (χ0v) is 13.2. The zero-order valence-electron chi connectivity index (χ0n) is 13.2. The topological polar surface area (TPSA) is 102 Å². The number of hydrogen-bond donors (Lipinski definition) is 2. The molecule has 0 radical (unpaired) electrons. The fraction of sp³-hybridized carbons (Fsp3) is 0.438. The molecule has 1 atom stereocenters. The number of aromatic nitrogens is 2. The third-order valence-corrected chi connectivity index (χ3v) is 3.93. The van der Waals surface area contributed by atoms with Gasteiger partial charge in [-0.15, -0.1) is 0 Å². The molecular formula is C16H20N2O5. The molecule has 124 valence electrons.